The quantitative estimate of drug-likeness (QED) is 0.608. The number of aromatic nitrogens is 3. The highest BCUT2D eigenvalue weighted by Gasteiger charge is 2.35. The van der Waals surface area contributed by atoms with Crippen molar-refractivity contribution >= 4 is 5.91 Å². The highest BCUT2D eigenvalue weighted by molar-refractivity contribution is 5.92. The summed E-state index contributed by atoms with van der Waals surface area (Å²) in [6, 6.07) is 10.6. The smallest absolute Gasteiger partial charge is 0.330 e. The van der Waals surface area contributed by atoms with E-state index in [1.54, 1.807) is 17.0 Å². The summed E-state index contributed by atoms with van der Waals surface area (Å²) in [5.74, 6) is -0.788. The second-order valence-electron chi connectivity index (χ2n) is 6.77. The zero-order valence-corrected chi connectivity index (χ0v) is 15.1. The highest BCUT2D eigenvalue weighted by Crippen LogP contribution is 2.35. The minimum atomic E-state index is -4.56. The lowest BCUT2D eigenvalue weighted by molar-refractivity contribution is -0.137. The Bertz CT molecular complexity index is 1030. The Morgan fingerprint density at radius 2 is 1.79 bits per heavy atom. The van der Waals surface area contributed by atoms with Gasteiger partial charge in [0.25, 0.3) is 5.91 Å². The predicted octanol–water partition coefficient (Wildman–Crippen LogP) is 4.40. The van der Waals surface area contributed by atoms with Gasteiger partial charge >= 0.3 is 6.18 Å². The molecule has 1 unspecified atom stereocenters. The number of alkyl halides is 3. The number of likely N-dealkylation sites (tertiary alicyclic amines) is 1. The molecule has 9 heteroatoms. The molecule has 1 atom stereocenters. The lowest BCUT2D eigenvalue weighted by Gasteiger charge is -2.24. The summed E-state index contributed by atoms with van der Waals surface area (Å²) in [4.78, 5) is 14.5. The number of benzene rings is 2. The van der Waals surface area contributed by atoms with Gasteiger partial charge in [0.1, 0.15) is 5.82 Å². The van der Waals surface area contributed by atoms with Gasteiger partial charge in [-0.15, -0.1) is 5.10 Å². The third kappa shape index (κ3) is 3.72. The molecule has 29 heavy (non-hydrogen) atoms. The molecule has 0 saturated carbocycles. The van der Waals surface area contributed by atoms with E-state index in [2.05, 4.69) is 10.3 Å². The Morgan fingerprint density at radius 1 is 1.07 bits per heavy atom. The van der Waals surface area contributed by atoms with Crippen LogP contribution in [0.4, 0.5) is 17.6 Å². The van der Waals surface area contributed by atoms with E-state index in [1.165, 1.54) is 36.5 Å². The molecule has 1 fully saturated rings. The van der Waals surface area contributed by atoms with Crippen LogP contribution in [0.25, 0.3) is 5.69 Å². The molecule has 2 heterocycles. The third-order valence-corrected chi connectivity index (χ3v) is 4.94. The lowest BCUT2D eigenvalue weighted by Crippen LogP contribution is -2.30. The molecule has 1 aromatic heterocycles. The number of carbonyl (C=O) groups is 1. The molecule has 1 saturated heterocycles. The molecule has 1 aliphatic heterocycles. The van der Waals surface area contributed by atoms with Gasteiger partial charge in [-0.25, -0.2) is 9.07 Å². The zero-order chi connectivity index (χ0) is 20.6. The number of amides is 1. The maximum atomic E-state index is 13.2. The van der Waals surface area contributed by atoms with Crippen LogP contribution in [0.5, 0.6) is 0 Å². The van der Waals surface area contributed by atoms with Crippen LogP contribution in [0.15, 0.2) is 54.7 Å². The lowest BCUT2D eigenvalue weighted by atomic mass is 10.0. The van der Waals surface area contributed by atoms with Crippen molar-refractivity contribution in [1.82, 2.24) is 19.9 Å². The minimum Gasteiger partial charge on any atom is -0.330 e. The SMILES string of the molecule is O=C(c1cn(-c2ccccc2C(F)(F)F)nn1)N1CCCC1c1ccc(F)cc1. The molecule has 5 nitrogen and oxygen atoms in total. The predicted molar refractivity (Wildman–Crippen MR) is 95.8 cm³/mol. The topological polar surface area (TPSA) is 51.0 Å². The third-order valence-electron chi connectivity index (χ3n) is 4.94. The summed E-state index contributed by atoms with van der Waals surface area (Å²) < 4.78 is 53.9. The van der Waals surface area contributed by atoms with Crippen LogP contribution in [-0.2, 0) is 6.18 Å². The maximum Gasteiger partial charge on any atom is 0.418 e. The van der Waals surface area contributed by atoms with Crippen molar-refractivity contribution in [2.45, 2.75) is 25.1 Å². The first kappa shape index (κ1) is 19.1. The van der Waals surface area contributed by atoms with E-state index >= 15 is 0 Å². The summed E-state index contributed by atoms with van der Waals surface area (Å²) in [5.41, 5.74) is -0.319. The molecule has 150 valence electrons. The van der Waals surface area contributed by atoms with Crippen molar-refractivity contribution in [3.8, 4) is 5.69 Å². The van der Waals surface area contributed by atoms with E-state index in [1.807, 2.05) is 0 Å². The number of rotatable bonds is 3. The summed E-state index contributed by atoms with van der Waals surface area (Å²) >= 11 is 0. The van der Waals surface area contributed by atoms with Gasteiger partial charge in [0.2, 0.25) is 0 Å². The molecular weight excluding hydrogens is 388 g/mol. The summed E-state index contributed by atoms with van der Waals surface area (Å²) in [6.07, 6.45) is -1.89. The molecule has 4 rings (SSSR count). The molecule has 0 N–H and O–H groups in total. The fourth-order valence-corrected chi connectivity index (χ4v) is 3.58. The van der Waals surface area contributed by atoms with Gasteiger partial charge in [-0.05, 0) is 42.7 Å². The fourth-order valence-electron chi connectivity index (χ4n) is 3.58. The molecule has 1 aliphatic rings. The van der Waals surface area contributed by atoms with Crippen molar-refractivity contribution < 1.29 is 22.4 Å². The molecule has 0 aliphatic carbocycles. The van der Waals surface area contributed by atoms with E-state index < -0.39 is 17.6 Å². The van der Waals surface area contributed by atoms with Crippen LogP contribution in [0.2, 0.25) is 0 Å². The molecular formula is C20H16F4N4O. The van der Waals surface area contributed by atoms with E-state index in [0.717, 1.165) is 22.7 Å². The number of carbonyl (C=O) groups excluding carboxylic acids is 1. The maximum absolute atomic E-state index is 13.2. The molecule has 0 radical (unpaired) electrons. The largest absolute Gasteiger partial charge is 0.418 e. The number of hydrogen-bond donors (Lipinski definition) is 0. The Hall–Kier alpha value is -3.23. The number of nitrogens with zero attached hydrogens (tertiary/aromatic N) is 4. The molecule has 3 aromatic rings. The van der Waals surface area contributed by atoms with E-state index in [-0.39, 0.29) is 23.2 Å². The van der Waals surface area contributed by atoms with Gasteiger partial charge in [0.05, 0.1) is 23.5 Å². The first-order chi connectivity index (χ1) is 13.8. The highest BCUT2D eigenvalue weighted by atomic mass is 19.4. The van der Waals surface area contributed by atoms with Crippen molar-refractivity contribution in [2.75, 3.05) is 6.54 Å². The zero-order valence-electron chi connectivity index (χ0n) is 15.1. The standard InChI is InChI=1S/C20H16F4N4O/c21-14-9-7-13(8-10-14)17-6-3-11-27(17)19(29)16-12-28(26-25-16)18-5-2-1-4-15(18)20(22,23)24/h1-2,4-5,7-10,12,17H,3,6,11H2. The summed E-state index contributed by atoms with van der Waals surface area (Å²) in [5, 5.41) is 7.53. The van der Waals surface area contributed by atoms with Gasteiger partial charge in [-0.1, -0.05) is 29.5 Å². The Kier molecular flexibility index (Phi) is 4.81. The second-order valence-corrected chi connectivity index (χ2v) is 6.77. The average Bonchev–Trinajstić information content (AvgIpc) is 3.37. The van der Waals surface area contributed by atoms with Crippen molar-refractivity contribution in [2.24, 2.45) is 0 Å². The summed E-state index contributed by atoms with van der Waals surface area (Å²) in [6.45, 7) is 0.479. The van der Waals surface area contributed by atoms with E-state index in [9.17, 15) is 22.4 Å². The van der Waals surface area contributed by atoms with Gasteiger partial charge in [0, 0.05) is 6.54 Å². The first-order valence-corrected chi connectivity index (χ1v) is 9.00. The van der Waals surface area contributed by atoms with Crippen molar-refractivity contribution in [3.05, 3.63) is 77.4 Å². The second kappa shape index (κ2) is 7.31. The summed E-state index contributed by atoms with van der Waals surface area (Å²) in [7, 11) is 0. The minimum absolute atomic E-state index is 0.0454. The number of halogens is 4. The van der Waals surface area contributed by atoms with Crippen LogP contribution in [0.1, 0.15) is 40.5 Å². The van der Waals surface area contributed by atoms with Gasteiger partial charge in [-0.2, -0.15) is 13.2 Å². The Labute approximate surface area is 163 Å². The van der Waals surface area contributed by atoms with Crippen LogP contribution in [-0.4, -0.2) is 32.3 Å². The number of para-hydroxylation sites is 1. The fraction of sp³-hybridized carbons (Fsp3) is 0.250. The Balaban J connectivity index is 1.62. The average molecular weight is 404 g/mol. The number of hydrogen-bond acceptors (Lipinski definition) is 3. The monoisotopic (exact) mass is 404 g/mol. The van der Waals surface area contributed by atoms with Crippen molar-refractivity contribution in [1.29, 1.82) is 0 Å². The van der Waals surface area contributed by atoms with Crippen LogP contribution >= 0.6 is 0 Å². The first-order valence-electron chi connectivity index (χ1n) is 9.00. The van der Waals surface area contributed by atoms with Gasteiger partial charge < -0.3 is 4.90 Å². The molecule has 0 spiro atoms. The molecule has 1 amide bonds. The molecule has 0 bridgehead atoms. The van der Waals surface area contributed by atoms with Crippen LogP contribution in [0.3, 0.4) is 0 Å². The van der Waals surface area contributed by atoms with Gasteiger partial charge in [0.15, 0.2) is 5.69 Å². The van der Waals surface area contributed by atoms with Crippen molar-refractivity contribution in [3.63, 3.8) is 0 Å². The molecule has 2 aromatic carbocycles. The Morgan fingerprint density at radius 3 is 2.52 bits per heavy atom. The van der Waals surface area contributed by atoms with E-state index in [0.29, 0.717) is 13.0 Å². The van der Waals surface area contributed by atoms with Crippen LogP contribution in [0, 0.1) is 5.82 Å². The van der Waals surface area contributed by atoms with Crippen LogP contribution < -0.4 is 0 Å². The van der Waals surface area contributed by atoms with E-state index in [4.69, 9.17) is 0 Å². The van der Waals surface area contributed by atoms with Gasteiger partial charge in [-0.3, -0.25) is 4.79 Å². The normalized spacial score (nSPS) is 17.0.